The highest BCUT2D eigenvalue weighted by Gasteiger charge is 2.39. The summed E-state index contributed by atoms with van der Waals surface area (Å²) >= 11 is 0. The van der Waals surface area contributed by atoms with Gasteiger partial charge in [-0.3, -0.25) is 4.79 Å². The maximum Gasteiger partial charge on any atom is 0.232 e. The van der Waals surface area contributed by atoms with Gasteiger partial charge in [-0.15, -0.1) is 0 Å². The highest BCUT2D eigenvalue weighted by atomic mass is 16.5. The molecule has 0 aromatic heterocycles. The molecule has 1 amide bonds. The van der Waals surface area contributed by atoms with E-state index in [1.807, 2.05) is 31.2 Å². The lowest BCUT2D eigenvalue weighted by Crippen LogP contribution is -2.46. The van der Waals surface area contributed by atoms with Gasteiger partial charge in [0.2, 0.25) is 5.91 Å². The molecule has 1 saturated heterocycles. The highest BCUT2D eigenvalue weighted by molar-refractivity contribution is 5.96. The standard InChI is InChI=1S/C15H22N2O3/c1-2-20-13-6-4-3-5-12(13)17-14(18)15(11-16)7-9-19-10-8-15/h3-6H,2,7-11,16H2,1H3,(H,17,18). The van der Waals surface area contributed by atoms with E-state index in [4.69, 9.17) is 15.2 Å². The number of amides is 1. The molecule has 1 aromatic rings. The molecule has 1 aromatic carbocycles. The van der Waals surface area contributed by atoms with Crippen molar-refractivity contribution in [2.45, 2.75) is 19.8 Å². The van der Waals surface area contributed by atoms with Crippen LogP contribution in [0.25, 0.3) is 0 Å². The Morgan fingerprint density at radius 3 is 2.75 bits per heavy atom. The van der Waals surface area contributed by atoms with Crippen molar-refractivity contribution in [3.63, 3.8) is 0 Å². The molecule has 0 aliphatic carbocycles. The van der Waals surface area contributed by atoms with Crippen LogP contribution in [0.3, 0.4) is 0 Å². The van der Waals surface area contributed by atoms with Crippen LogP contribution >= 0.6 is 0 Å². The van der Waals surface area contributed by atoms with Gasteiger partial charge in [0.25, 0.3) is 0 Å². The number of ether oxygens (including phenoxy) is 2. The molecule has 5 nitrogen and oxygen atoms in total. The van der Waals surface area contributed by atoms with E-state index in [-0.39, 0.29) is 5.91 Å². The summed E-state index contributed by atoms with van der Waals surface area (Å²) in [5.74, 6) is 0.637. The third-order valence-corrected chi connectivity index (χ3v) is 3.76. The Morgan fingerprint density at radius 1 is 1.40 bits per heavy atom. The summed E-state index contributed by atoms with van der Waals surface area (Å²) in [6.45, 7) is 3.97. The fourth-order valence-electron chi connectivity index (χ4n) is 2.39. The molecule has 0 atom stereocenters. The molecule has 2 rings (SSSR count). The van der Waals surface area contributed by atoms with Crippen LogP contribution in [0.2, 0.25) is 0 Å². The van der Waals surface area contributed by atoms with Gasteiger partial charge >= 0.3 is 0 Å². The minimum Gasteiger partial charge on any atom is -0.492 e. The van der Waals surface area contributed by atoms with E-state index in [1.165, 1.54) is 0 Å². The Balaban J connectivity index is 2.14. The van der Waals surface area contributed by atoms with Crippen LogP contribution in [0.15, 0.2) is 24.3 Å². The average molecular weight is 278 g/mol. The van der Waals surface area contributed by atoms with Crippen LogP contribution in [0.5, 0.6) is 5.75 Å². The molecule has 1 aliphatic heterocycles. The van der Waals surface area contributed by atoms with Crippen molar-refractivity contribution in [3.05, 3.63) is 24.3 Å². The molecular formula is C15H22N2O3. The molecule has 3 N–H and O–H groups in total. The Labute approximate surface area is 119 Å². The fraction of sp³-hybridized carbons (Fsp3) is 0.533. The molecule has 0 radical (unpaired) electrons. The molecule has 0 bridgehead atoms. The summed E-state index contributed by atoms with van der Waals surface area (Å²) in [4.78, 5) is 12.6. The summed E-state index contributed by atoms with van der Waals surface area (Å²) < 4.78 is 10.9. The largest absolute Gasteiger partial charge is 0.492 e. The minimum absolute atomic E-state index is 0.0459. The predicted octanol–water partition coefficient (Wildman–Crippen LogP) is 1.78. The second-order valence-electron chi connectivity index (χ2n) is 4.98. The third-order valence-electron chi connectivity index (χ3n) is 3.76. The maximum atomic E-state index is 12.6. The van der Waals surface area contributed by atoms with E-state index in [0.717, 1.165) is 0 Å². The van der Waals surface area contributed by atoms with Crippen LogP contribution in [0.4, 0.5) is 5.69 Å². The third kappa shape index (κ3) is 3.11. The first-order chi connectivity index (χ1) is 9.72. The Kier molecular flexibility index (Phi) is 4.98. The van der Waals surface area contributed by atoms with E-state index >= 15 is 0 Å². The molecular weight excluding hydrogens is 256 g/mol. The van der Waals surface area contributed by atoms with Gasteiger partial charge in [0, 0.05) is 19.8 Å². The molecule has 20 heavy (non-hydrogen) atoms. The number of carbonyl (C=O) groups excluding carboxylic acids is 1. The maximum absolute atomic E-state index is 12.6. The first-order valence-corrected chi connectivity index (χ1v) is 7.03. The number of carbonyl (C=O) groups is 1. The number of benzene rings is 1. The second-order valence-corrected chi connectivity index (χ2v) is 4.98. The van der Waals surface area contributed by atoms with Gasteiger partial charge < -0.3 is 20.5 Å². The Bertz CT molecular complexity index is 456. The number of anilines is 1. The Morgan fingerprint density at radius 2 is 2.10 bits per heavy atom. The van der Waals surface area contributed by atoms with E-state index in [1.54, 1.807) is 0 Å². The number of para-hydroxylation sites is 2. The summed E-state index contributed by atoms with van der Waals surface area (Å²) in [5.41, 5.74) is 6.00. The smallest absolute Gasteiger partial charge is 0.232 e. The monoisotopic (exact) mass is 278 g/mol. The number of nitrogens with two attached hydrogens (primary N) is 1. The zero-order chi connectivity index (χ0) is 14.4. The predicted molar refractivity (Wildman–Crippen MR) is 77.8 cm³/mol. The van der Waals surface area contributed by atoms with Crippen LogP contribution < -0.4 is 15.8 Å². The summed E-state index contributed by atoms with van der Waals surface area (Å²) in [7, 11) is 0. The molecule has 110 valence electrons. The lowest BCUT2D eigenvalue weighted by atomic mass is 9.79. The van der Waals surface area contributed by atoms with Gasteiger partial charge in [-0.25, -0.2) is 0 Å². The lowest BCUT2D eigenvalue weighted by Gasteiger charge is -2.34. The minimum atomic E-state index is -0.530. The SMILES string of the molecule is CCOc1ccccc1NC(=O)C1(CN)CCOCC1. The topological polar surface area (TPSA) is 73.6 Å². The van der Waals surface area contributed by atoms with Crippen molar-refractivity contribution in [1.29, 1.82) is 0 Å². The van der Waals surface area contributed by atoms with Crippen LogP contribution in [0.1, 0.15) is 19.8 Å². The van der Waals surface area contributed by atoms with Crippen molar-refractivity contribution in [1.82, 2.24) is 0 Å². The van der Waals surface area contributed by atoms with Crippen molar-refractivity contribution in [2.75, 3.05) is 31.7 Å². The number of hydrogen-bond donors (Lipinski definition) is 2. The zero-order valence-corrected chi connectivity index (χ0v) is 11.9. The fourth-order valence-corrected chi connectivity index (χ4v) is 2.39. The molecule has 1 aliphatic rings. The summed E-state index contributed by atoms with van der Waals surface area (Å²) in [6, 6.07) is 7.44. The van der Waals surface area contributed by atoms with Crippen molar-refractivity contribution in [3.8, 4) is 5.75 Å². The lowest BCUT2D eigenvalue weighted by molar-refractivity contribution is -0.130. The molecule has 1 heterocycles. The van der Waals surface area contributed by atoms with Crippen LogP contribution in [-0.2, 0) is 9.53 Å². The summed E-state index contributed by atoms with van der Waals surface area (Å²) in [6.07, 6.45) is 1.32. The van der Waals surface area contributed by atoms with Crippen LogP contribution in [0, 0.1) is 5.41 Å². The van der Waals surface area contributed by atoms with Crippen molar-refractivity contribution < 1.29 is 14.3 Å². The van der Waals surface area contributed by atoms with Gasteiger partial charge in [0.15, 0.2) is 0 Å². The van der Waals surface area contributed by atoms with Crippen molar-refractivity contribution >= 4 is 11.6 Å². The van der Waals surface area contributed by atoms with E-state index in [9.17, 15) is 4.79 Å². The number of nitrogens with one attached hydrogen (secondary N) is 1. The molecule has 0 saturated carbocycles. The Hall–Kier alpha value is -1.59. The van der Waals surface area contributed by atoms with Gasteiger partial charge in [-0.05, 0) is 31.9 Å². The van der Waals surface area contributed by atoms with E-state index < -0.39 is 5.41 Å². The normalized spacial score (nSPS) is 17.5. The van der Waals surface area contributed by atoms with Crippen LogP contribution in [-0.4, -0.2) is 32.3 Å². The molecule has 1 fully saturated rings. The highest BCUT2D eigenvalue weighted by Crippen LogP contribution is 2.32. The first kappa shape index (κ1) is 14.8. The number of hydrogen-bond acceptors (Lipinski definition) is 4. The van der Waals surface area contributed by atoms with E-state index in [0.29, 0.717) is 50.6 Å². The molecule has 5 heteroatoms. The first-order valence-electron chi connectivity index (χ1n) is 7.03. The second kappa shape index (κ2) is 6.72. The van der Waals surface area contributed by atoms with E-state index in [2.05, 4.69) is 5.32 Å². The number of rotatable bonds is 5. The zero-order valence-electron chi connectivity index (χ0n) is 11.9. The molecule has 0 unspecified atom stereocenters. The van der Waals surface area contributed by atoms with Gasteiger partial charge in [-0.1, -0.05) is 12.1 Å². The van der Waals surface area contributed by atoms with Gasteiger partial charge in [-0.2, -0.15) is 0 Å². The van der Waals surface area contributed by atoms with Gasteiger partial charge in [0.1, 0.15) is 5.75 Å². The quantitative estimate of drug-likeness (QED) is 0.861. The van der Waals surface area contributed by atoms with Crippen molar-refractivity contribution in [2.24, 2.45) is 11.1 Å². The summed E-state index contributed by atoms with van der Waals surface area (Å²) in [5, 5.41) is 2.96. The average Bonchev–Trinajstić information content (AvgIpc) is 2.50. The van der Waals surface area contributed by atoms with Gasteiger partial charge in [0.05, 0.1) is 17.7 Å². The molecule has 0 spiro atoms.